The largest absolute Gasteiger partial charge is 0.494 e. The second-order valence-electron chi connectivity index (χ2n) is 24.2. The van der Waals surface area contributed by atoms with Crippen molar-refractivity contribution in [1.82, 2.24) is 4.98 Å². The van der Waals surface area contributed by atoms with Gasteiger partial charge in [-0.25, -0.2) is 19.6 Å². The number of para-hydroxylation sites is 1. The van der Waals surface area contributed by atoms with Gasteiger partial charge in [0, 0.05) is 24.3 Å². The van der Waals surface area contributed by atoms with Gasteiger partial charge in [-0.1, -0.05) is 85.5 Å². The number of hydrogen-bond donors (Lipinski definition) is 0. The predicted molar refractivity (Wildman–Crippen MR) is 371 cm³/mol. The van der Waals surface area contributed by atoms with E-state index in [9.17, 15) is 24.0 Å². The Bertz CT molecular complexity index is 3590. The summed E-state index contributed by atoms with van der Waals surface area (Å²) in [5, 5.41) is 9.78. The number of thiazole rings is 1. The van der Waals surface area contributed by atoms with Crippen LogP contribution in [0, 0.1) is 17.8 Å². The second-order valence-corrected chi connectivity index (χ2v) is 25.2. The highest BCUT2D eigenvalue weighted by molar-refractivity contribution is 7.22. The van der Waals surface area contributed by atoms with Crippen LogP contribution in [0.25, 0.3) is 21.0 Å². The molecule has 2 aliphatic rings. The first-order valence-electron chi connectivity index (χ1n) is 33.9. The van der Waals surface area contributed by atoms with E-state index in [4.69, 9.17) is 57.8 Å². The van der Waals surface area contributed by atoms with Crippen LogP contribution in [0.15, 0.2) is 164 Å². The van der Waals surface area contributed by atoms with Gasteiger partial charge in [-0.3, -0.25) is 14.4 Å². The fourth-order valence-corrected chi connectivity index (χ4v) is 12.5. The highest BCUT2D eigenvalue weighted by atomic mass is 32.1. The molecule has 0 atom stereocenters. The molecular weight excluding hydrogens is 1240 g/mol. The molecular formula is C77H89N3O15S. The number of esters is 5. The molecule has 0 amide bonds. The molecule has 0 saturated heterocycles. The molecule has 2 saturated carbocycles. The molecule has 508 valence electrons. The first-order chi connectivity index (χ1) is 47.0. The molecule has 0 unspecified atom stereocenters. The lowest BCUT2D eigenvalue weighted by atomic mass is 9.82. The number of carbonyl (C=O) groups is 5. The Kier molecular flexibility index (Phi) is 29.0. The SMILES string of the molecule is C=CC(=O)OCCCCCCOc1ccc(OC(=O)C2CCC(COOc3ccc(OC(=O)C4CCC(Oc5ccc(OCCCCCCOC(=O)C=C)cc5)CC4)cc3/C=N/N(CCCCCCOC(=O)Cc3cccc4ccccc34)c3nc4ccccc4s3)CC2)cc1. The third-order valence-electron chi connectivity index (χ3n) is 17.0. The number of carbonyl (C=O) groups excluding carboxylic acids is 5. The van der Waals surface area contributed by atoms with Gasteiger partial charge in [0.15, 0.2) is 5.75 Å². The minimum Gasteiger partial charge on any atom is -0.494 e. The van der Waals surface area contributed by atoms with Crippen LogP contribution in [-0.2, 0) is 49.5 Å². The summed E-state index contributed by atoms with van der Waals surface area (Å²) in [7, 11) is 0. The molecule has 9 rings (SSSR count). The van der Waals surface area contributed by atoms with Crippen molar-refractivity contribution in [3.8, 4) is 34.5 Å². The van der Waals surface area contributed by atoms with Crippen molar-refractivity contribution in [2.75, 3.05) is 51.2 Å². The zero-order valence-electron chi connectivity index (χ0n) is 54.8. The Hall–Kier alpha value is -9.07. The van der Waals surface area contributed by atoms with Crippen molar-refractivity contribution in [1.29, 1.82) is 0 Å². The van der Waals surface area contributed by atoms with Crippen molar-refractivity contribution in [3.05, 3.63) is 170 Å². The van der Waals surface area contributed by atoms with Gasteiger partial charge in [-0.05, 0) is 223 Å². The van der Waals surface area contributed by atoms with Gasteiger partial charge in [-0.2, -0.15) is 9.99 Å². The Balaban J connectivity index is 0.767. The molecule has 1 aromatic heterocycles. The summed E-state index contributed by atoms with van der Waals surface area (Å²) < 4.78 is 46.9. The van der Waals surface area contributed by atoms with Crippen molar-refractivity contribution in [3.63, 3.8) is 0 Å². The maximum Gasteiger partial charge on any atom is 0.330 e. The maximum atomic E-state index is 13.9. The Morgan fingerprint density at radius 3 is 1.73 bits per heavy atom. The van der Waals surface area contributed by atoms with Crippen molar-refractivity contribution < 1.29 is 71.6 Å². The van der Waals surface area contributed by atoms with Crippen LogP contribution in [0.3, 0.4) is 0 Å². The zero-order chi connectivity index (χ0) is 66.9. The fourth-order valence-electron chi connectivity index (χ4n) is 11.6. The number of ether oxygens (including phenoxy) is 8. The first-order valence-corrected chi connectivity index (χ1v) is 34.7. The fraction of sp³-hybridized carbons (Fsp3) is 0.416. The summed E-state index contributed by atoms with van der Waals surface area (Å²) in [6.45, 7) is 9.91. The Labute approximate surface area is 566 Å². The number of fused-ring (bicyclic) bond motifs is 2. The van der Waals surface area contributed by atoms with Crippen LogP contribution in [0.1, 0.15) is 140 Å². The van der Waals surface area contributed by atoms with Gasteiger partial charge < -0.3 is 42.8 Å². The molecule has 2 aliphatic carbocycles. The lowest BCUT2D eigenvalue weighted by molar-refractivity contribution is -0.218. The Morgan fingerprint density at radius 1 is 0.542 bits per heavy atom. The maximum absolute atomic E-state index is 13.9. The molecule has 0 N–H and O–H groups in total. The van der Waals surface area contributed by atoms with E-state index < -0.39 is 11.9 Å². The number of anilines is 1. The summed E-state index contributed by atoms with van der Waals surface area (Å²) in [6, 6.07) is 41.9. The normalized spacial score (nSPS) is 16.1. The van der Waals surface area contributed by atoms with Crippen molar-refractivity contribution in [2.45, 2.75) is 141 Å². The van der Waals surface area contributed by atoms with Crippen LogP contribution in [0.5, 0.6) is 34.5 Å². The molecule has 19 heteroatoms. The van der Waals surface area contributed by atoms with E-state index >= 15 is 0 Å². The summed E-state index contributed by atoms with van der Waals surface area (Å²) >= 11 is 1.54. The minimum absolute atomic E-state index is 0.0496. The third kappa shape index (κ3) is 23.7. The molecule has 7 aromatic rings. The number of aromatic nitrogens is 1. The van der Waals surface area contributed by atoms with Gasteiger partial charge in [0.1, 0.15) is 28.7 Å². The number of unbranched alkanes of at least 4 members (excludes halogenated alkanes) is 9. The number of rotatable bonds is 40. The molecule has 0 aliphatic heterocycles. The van der Waals surface area contributed by atoms with Crippen LogP contribution >= 0.6 is 11.3 Å². The van der Waals surface area contributed by atoms with Gasteiger partial charge in [0.2, 0.25) is 5.13 Å². The average Bonchev–Trinajstić information content (AvgIpc) is 1.55. The zero-order valence-corrected chi connectivity index (χ0v) is 55.6. The average molecular weight is 1330 g/mol. The summed E-state index contributed by atoms with van der Waals surface area (Å²) in [4.78, 5) is 79.6. The lowest BCUT2D eigenvalue weighted by Gasteiger charge is -2.28. The monoisotopic (exact) mass is 1330 g/mol. The van der Waals surface area contributed by atoms with Crippen molar-refractivity contribution >= 4 is 73.5 Å². The van der Waals surface area contributed by atoms with Crippen LogP contribution < -0.4 is 33.6 Å². The van der Waals surface area contributed by atoms with Crippen LogP contribution in [0.4, 0.5) is 5.13 Å². The predicted octanol–water partition coefficient (Wildman–Crippen LogP) is 16.2. The van der Waals surface area contributed by atoms with Gasteiger partial charge >= 0.3 is 29.8 Å². The van der Waals surface area contributed by atoms with Crippen molar-refractivity contribution in [2.24, 2.45) is 22.9 Å². The highest BCUT2D eigenvalue weighted by Crippen LogP contribution is 2.35. The van der Waals surface area contributed by atoms with E-state index in [-0.39, 0.29) is 54.8 Å². The summed E-state index contributed by atoms with van der Waals surface area (Å²) in [6.07, 6.45) is 19.9. The standard InChI is InChI=1S/C77H89N3O15S/c1-3-72(81)88-49-19-9-7-16-47-86-62-36-40-65(41-37-62)92-64-34-32-59(33-35-64)76(85)94-67-44-45-70(95-91-55-56-28-30-58(31-29-56)75(84)93-66-42-38-63(39-43-66)87-48-17-8-10-20-50-89-73(82)4-2)61(52-67)54-78-80(77-79-69-26-13-14-27-71(69)96-77)46-15-5-6-18-51-90-74(83)53-60-24-21-23-57-22-11-12-25-68(57)60/h3-4,11-14,21-27,36-45,52,54,56,58-59,64H,1-2,5-10,15-20,28-35,46-51,53,55H2/b78-54+. The number of hydrogen-bond acceptors (Lipinski definition) is 19. The molecule has 2 fully saturated rings. The number of benzene rings is 6. The van der Waals surface area contributed by atoms with E-state index in [0.717, 1.165) is 128 Å². The molecule has 0 bridgehead atoms. The van der Waals surface area contributed by atoms with E-state index in [2.05, 4.69) is 13.2 Å². The van der Waals surface area contributed by atoms with E-state index in [1.165, 1.54) is 12.2 Å². The molecule has 0 spiro atoms. The highest BCUT2D eigenvalue weighted by Gasteiger charge is 2.31. The van der Waals surface area contributed by atoms with Crippen LogP contribution in [-0.4, -0.2) is 93.3 Å². The third-order valence-corrected chi connectivity index (χ3v) is 18.1. The van der Waals surface area contributed by atoms with E-state index in [1.54, 1.807) is 60.0 Å². The quantitative estimate of drug-likeness (QED) is 0.00511. The van der Waals surface area contributed by atoms with E-state index in [0.29, 0.717) is 112 Å². The second kappa shape index (κ2) is 39.1. The van der Waals surface area contributed by atoms with Gasteiger partial charge in [0.05, 0.1) is 80.4 Å². The molecule has 1 heterocycles. The van der Waals surface area contributed by atoms with Gasteiger partial charge in [-0.15, -0.1) is 0 Å². The lowest BCUT2D eigenvalue weighted by Crippen LogP contribution is -2.30. The topological polar surface area (TPSA) is 206 Å². The van der Waals surface area contributed by atoms with Crippen LogP contribution in [0.2, 0.25) is 0 Å². The van der Waals surface area contributed by atoms with E-state index in [1.807, 2.05) is 96.0 Å². The Morgan fingerprint density at radius 2 is 1.08 bits per heavy atom. The first kappa shape index (κ1) is 71.2. The number of hydrazone groups is 1. The molecule has 6 aromatic carbocycles. The number of nitrogens with zero attached hydrogens (tertiary/aromatic N) is 3. The minimum atomic E-state index is -0.405. The molecule has 96 heavy (non-hydrogen) atoms. The smallest absolute Gasteiger partial charge is 0.330 e. The molecule has 0 radical (unpaired) electrons. The summed E-state index contributed by atoms with van der Waals surface area (Å²) in [5.74, 6) is 1.33. The summed E-state index contributed by atoms with van der Waals surface area (Å²) in [5.41, 5.74) is 2.34. The molecule has 18 nitrogen and oxygen atoms in total. The van der Waals surface area contributed by atoms with Gasteiger partial charge in [0.25, 0.3) is 0 Å².